The van der Waals surface area contributed by atoms with Crippen LogP contribution in [0.1, 0.15) is 72.6 Å². The molecule has 0 aliphatic carbocycles. The lowest BCUT2D eigenvalue weighted by atomic mass is 9.91. The summed E-state index contributed by atoms with van der Waals surface area (Å²) in [6.45, 7) is 9.47. The van der Waals surface area contributed by atoms with Gasteiger partial charge < -0.3 is 4.74 Å². The molecule has 0 rings (SSSR count). The van der Waals surface area contributed by atoms with Crippen molar-refractivity contribution in [2.75, 3.05) is 0 Å². The summed E-state index contributed by atoms with van der Waals surface area (Å²) < 4.78 is 5.17. The van der Waals surface area contributed by atoms with Crippen LogP contribution >= 0.6 is 0 Å². The number of carbonyl (C=O) groups excluding carboxylic acids is 1. The third-order valence-corrected chi connectivity index (χ3v) is 3.42. The number of ether oxygens (including phenoxy) is 1. The van der Waals surface area contributed by atoms with Gasteiger partial charge in [-0.1, -0.05) is 53.4 Å². The van der Waals surface area contributed by atoms with Crippen LogP contribution in [0, 0.1) is 11.8 Å². The molecule has 0 bridgehead atoms. The highest BCUT2D eigenvalue weighted by Crippen LogP contribution is 2.22. The molecule has 0 heterocycles. The predicted molar refractivity (Wildman–Crippen MR) is 72.9 cm³/mol. The first-order chi connectivity index (χ1) is 8.13. The summed E-state index contributed by atoms with van der Waals surface area (Å²) in [6.07, 6.45) is 8.50. The van der Waals surface area contributed by atoms with Crippen LogP contribution in [0.2, 0.25) is 0 Å². The molecule has 0 aliphatic heterocycles. The van der Waals surface area contributed by atoms with Gasteiger partial charge in [0.1, 0.15) is 6.10 Å². The van der Waals surface area contributed by atoms with Gasteiger partial charge in [-0.2, -0.15) is 0 Å². The van der Waals surface area contributed by atoms with E-state index in [9.17, 15) is 4.79 Å². The molecule has 0 saturated heterocycles. The predicted octanol–water partition coefficient (Wildman–Crippen LogP) is 4.57. The molecule has 0 amide bonds. The molecule has 0 N–H and O–H groups in total. The highest BCUT2D eigenvalue weighted by molar-refractivity contribution is 5.37. The molecule has 0 spiro atoms. The molecular weight excluding hydrogens is 212 g/mol. The minimum Gasteiger partial charge on any atom is -0.465 e. The van der Waals surface area contributed by atoms with Gasteiger partial charge in [0, 0.05) is 0 Å². The van der Waals surface area contributed by atoms with Gasteiger partial charge in [0.2, 0.25) is 0 Å². The van der Waals surface area contributed by atoms with Crippen molar-refractivity contribution in [3.05, 3.63) is 0 Å². The van der Waals surface area contributed by atoms with Crippen LogP contribution in [0.4, 0.5) is 0 Å². The fourth-order valence-corrected chi connectivity index (χ4v) is 2.31. The summed E-state index contributed by atoms with van der Waals surface area (Å²) in [5, 5.41) is 0. The van der Waals surface area contributed by atoms with E-state index in [0.717, 1.165) is 18.8 Å². The first-order valence-electron chi connectivity index (χ1n) is 7.23. The van der Waals surface area contributed by atoms with E-state index in [1.165, 1.54) is 32.1 Å². The second-order valence-electron chi connectivity index (χ2n) is 5.48. The Kier molecular flexibility index (Phi) is 10.3. The molecule has 0 saturated carbocycles. The van der Waals surface area contributed by atoms with E-state index in [4.69, 9.17) is 4.74 Å². The van der Waals surface area contributed by atoms with Crippen molar-refractivity contribution in [2.24, 2.45) is 11.8 Å². The topological polar surface area (TPSA) is 26.3 Å². The first kappa shape index (κ1) is 16.5. The van der Waals surface area contributed by atoms with Crippen LogP contribution in [-0.2, 0) is 9.53 Å². The van der Waals surface area contributed by atoms with Crippen molar-refractivity contribution in [3.8, 4) is 0 Å². The lowest BCUT2D eigenvalue weighted by molar-refractivity contribution is -0.134. The minimum absolute atomic E-state index is 0.128. The zero-order valence-electron chi connectivity index (χ0n) is 12.1. The molecule has 2 nitrogen and oxygen atoms in total. The summed E-state index contributed by atoms with van der Waals surface area (Å²) in [5.74, 6) is 1.40. The third kappa shape index (κ3) is 9.20. The molecule has 2 heteroatoms. The Balaban J connectivity index is 3.93. The second-order valence-corrected chi connectivity index (χ2v) is 5.48. The smallest absolute Gasteiger partial charge is 0.293 e. The summed E-state index contributed by atoms with van der Waals surface area (Å²) in [6, 6.07) is 0. The number of hydrogen-bond donors (Lipinski definition) is 0. The maximum Gasteiger partial charge on any atom is 0.293 e. The van der Waals surface area contributed by atoms with Crippen molar-refractivity contribution in [1.82, 2.24) is 0 Å². The molecule has 0 radical (unpaired) electrons. The quantitative estimate of drug-likeness (QED) is 0.496. The fraction of sp³-hybridized carbons (Fsp3) is 0.933. The Bertz CT molecular complexity index is 178. The van der Waals surface area contributed by atoms with Crippen molar-refractivity contribution in [2.45, 2.75) is 78.7 Å². The monoisotopic (exact) mass is 242 g/mol. The van der Waals surface area contributed by atoms with Crippen molar-refractivity contribution in [3.63, 3.8) is 0 Å². The van der Waals surface area contributed by atoms with Gasteiger partial charge in [-0.25, -0.2) is 0 Å². The number of rotatable bonds is 11. The van der Waals surface area contributed by atoms with Crippen molar-refractivity contribution in [1.29, 1.82) is 0 Å². The molecule has 0 aromatic heterocycles. The number of unbranched alkanes of at least 4 members (excludes halogenated alkanes) is 1. The van der Waals surface area contributed by atoms with E-state index in [-0.39, 0.29) is 6.10 Å². The SMILES string of the molecule is CCCC[C@H](CC)CC[C@H](CC(C)C)OC=O. The van der Waals surface area contributed by atoms with Gasteiger partial charge in [0.05, 0.1) is 0 Å². The average molecular weight is 242 g/mol. The van der Waals surface area contributed by atoms with Gasteiger partial charge in [-0.05, 0) is 31.1 Å². The normalized spacial score (nSPS) is 14.6. The lowest BCUT2D eigenvalue weighted by Crippen LogP contribution is -2.16. The highest BCUT2D eigenvalue weighted by atomic mass is 16.5. The van der Waals surface area contributed by atoms with E-state index >= 15 is 0 Å². The van der Waals surface area contributed by atoms with Crippen molar-refractivity contribution >= 4 is 6.47 Å². The Hall–Kier alpha value is -0.530. The first-order valence-corrected chi connectivity index (χ1v) is 7.23. The molecule has 0 unspecified atom stereocenters. The van der Waals surface area contributed by atoms with Crippen LogP contribution in [-0.4, -0.2) is 12.6 Å². The summed E-state index contributed by atoms with van der Waals surface area (Å²) in [5.41, 5.74) is 0. The van der Waals surface area contributed by atoms with Gasteiger partial charge in [-0.3, -0.25) is 4.79 Å². The molecule has 2 atom stereocenters. The molecule has 0 aromatic rings. The largest absolute Gasteiger partial charge is 0.465 e. The Morgan fingerprint density at radius 3 is 2.29 bits per heavy atom. The number of carbonyl (C=O) groups is 1. The Labute approximate surface area is 107 Å². The van der Waals surface area contributed by atoms with Crippen LogP contribution in [0.15, 0.2) is 0 Å². The minimum atomic E-state index is 0.128. The van der Waals surface area contributed by atoms with E-state index in [2.05, 4.69) is 27.7 Å². The van der Waals surface area contributed by atoms with Gasteiger partial charge in [0.15, 0.2) is 0 Å². The van der Waals surface area contributed by atoms with Gasteiger partial charge in [-0.15, -0.1) is 0 Å². The van der Waals surface area contributed by atoms with Crippen molar-refractivity contribution < 1.29 is 9.53 Å². The Morgan fingerprint density at radius 1 is 1.12 bits per heavy atom. The molecular formula is C15H30O2. The zero-order chi connectivity index (χ0) is 13.1. The van der Waals surface area contributed by atoms with Crippen LogP contribution in [0.3, 0.4) is 0 Å². The third-order valence-electron chi connectivity index (χ3n) is 3.42. The number of hydrogen-bond acceptors (Lipinski definition) is 2. The summed E-state index contributed by atoms with van der Waals surface area (Å²) in [4.78, 5) is 10.5. The molecule has 0 aliphatic rings. The lowest BCUT2D eigenvalue weighted by Gasteiger charge is -2.20. The second kappa shape index (κ2) is 10.6. The molecule has 102 valence electrons. The summed E-state index contributed by atoms with van der Waals surface area (Å²) in [7, 11) is 0. The standard InChI is InChI=1S/C15H30O2/c1-5-7-8-14(6-2)9-10-15(17-12-16)11-13(3)4/h12-15H,5-11H2,1-4H3/t14-,15+/m0/s1. The van der Waals surface area contributed by atoms with E-state index < -0.39 is 0 Å². The molecule has 17 heavy (non-hydrogen) atoms. The van der Waals surface area contributed by atoms with E-state index in [1.54, 1.807) is 0 Å². The zero-order valence-corrected chi connectivity index (χ0v) is 12.1. The van der Waals surface area contributed by atoms with E-state index in [1.807, 2.05) is 0 Å². The van der Waals surface area contributed by atoms with Crippen LogP contribution < -0.4 is 0 Å². The van der Waals surface area contributed by atoms with Gasteiger partial charge in [0.25, 0.3) is 6.47 Å². The average Bonchev–Trinajstić information content (AvgIpc) is 2.28. The maximum atomic E-state index is 10.5. The Morgan fingerprint density at radius 2 is 1.82 bits per heavy atom. The van der Waals surface area contributed by atoms with Crippen LogP contribution in [0.5, 0.6) is 0 Å². The summed E-state index contributed by atoms with van der Waals surface area (Å²) >= 11 is 0. The maximum absolute atomic E-state index is 10.5. The van der Waals surface area contributed by atoms with Gasteiger partial charge >= 0.3 is 0 Å². The van der Waals surface area contributed by atoms with E-state index in [0.29, 0.717) is 12.4 Å². The fourth-order valence-electron chi connectivity index (χ4n) is 2.31. The molecule has 0 aromatic carbocycles. The highest BCUT2D eigenvalue weighted by Gasteiger charge is 2.14. The molecule has 0 fully saturated rings. The van der Waals surface area contributed by atoms with Crippen LogP contribution in [0.25, 0.3) is 0 Å².